The minimum Gasteiger partial charge on any atom is -0.483 e. The average molecular weight is 367 g/mol. The van der Waals surface area contributed by atoms with Crippen LogP contribution in [0.25, 0.3) is 6.08 Å². The highest BCUT2D eigenvalue weighted by atomic mass is 16.5. The van der Waals surface area contributed by atoms with Crippen LogP contribution in [0.1, 0.15) is 11.1 Å². The SMILES string of the molecule is Cc1ccccc1OCC(=O)NNC(=O)CNC(=O)/C=C/c1ccccc1. The summed E-state index contributed by atoms with van der Waals surface area (Å²) in [5.41, 5.74) is 6.20. The highest BCUT2D eigenvalue weighted by Gasteiger charge is 2.07. The van der Waals surface area contributed by atoms with Crippen molar-refractivity contribution in [2.24, 2.45) is 0 Å². The van der Waals surface area contributed by atoms with Crippen LogP contribution in [0.15, 0.2) is 60.7 Å². The zero-order valence-corrected chi connectivity index (χ0v) is 14.9. The van der Waals surface area contributed by atoms with Gasteiger partial charge in [0, 0.05) is 6.08 Å². The maximum atomic E-state index is 11.7. The number of carbonyl (C=O) groups excluding carboxylic acids is 3. The number of carbonyl (C=O) groups is 3. The van der Waals surface area contributed by atoms with Gasteiger partial charge in [-0.2, -0.15) is 0 Å². The highest BCUT2D eigenvalue weighted by molar-refractivity contribution is 5.94. The van der Waals surface area contributed by atoms with Crippen LogP contribution in [0.5, 0.6) is 5.75 Å². The molecule has 3 N–H and O–H groups in total. The summed E-state index contributed by atoms with van der Waals surface area (Å²) in [5, 5.41) is 2.42. The lowest BCUT2D eigenvalue weighted by Gasteiger charge is -2.10. The Morgan fingerprint density at radius 3 is 2.33 bits per heavy atom. The third kappa shape index (κ3) is 7.43. The van der Waals surface area contributed by atoms with E-state index in [1.54, 1.807) is 18.2 Å². The molecule has 0 saturated carbocycles. The van der Waals surface area contributed by atoms with Crippen LogP contribution in [0.2, 0.25) is 0 Å². The van der Waals surface area contributed by atoms with Crippen molar-refractivity contribution >= 4 is 23.8 Å². The zero-order valence-electron chi connectivity index (χ0n) is 14.9. The summed E-state index contributed by atoms with van der Waals surface area (Å²) in [6.07, 6.45) is 2.97. The molecule has 0 heterocycles. The second kappa shape index (κ2) is 10.4. The summed E-state index contributed by atoms with van der Waals surface area (Å²) in [4.78, 5) is 35.0. The lowest BCUT2D eigenvalue weighted by molar-refractivity contribution is -0.130. The molecule has 0 radical (unpaired) electrons. The molecule has 0 unspecified atom stereocenters. The zero-order chi connectivity index (χ0) is 19.5. The van der Waals surface area contributed by atoms with Gasteiger partial charge in [0.05, 0.1) is 6.54 Å². The largest absolute Gasteiger partial charge is 0.483 e. The molecule has 2 rings (SSSR count). The number of benzene rings is 2. The predicted molar refractivity (Wildman–Crippen MR) is 101 cm³/mol. The van der Waals surface area contributed by atoms with Gasteiger partial charge in [0.2, 0.25) is 5.91 Å². The molecular formula is C20H21N3O4. The molecule has 3 amide bonds. The van der Waals surface area contributed by atoms with Crippen LogP contribution in [-0.4, -0.2) is 30.9 Å². The van der Waals surface area contributed by atoms with Crippen molar-refractivity contribution in [3.05, 3.63) is 71.8 Å². The molecule has 0 aliphatic heterocycles. The molecular weight excluding hydrogens is 346 g/mol. The number of ether oxygens (including phenoxy) is 1. The molecule has 0 aliphatic rings. The number of para-hydroxylation sites is 1. The van der Waals surface area contributed by atoms with E-state index in [1.165, 1.54) is 6.08 Å². The van der Waals surface area contributed by atoms with Gasteiger partial charge in [-0.3, -0.25) is 25.2 Å². The topological polar surface area (TPSA) is 96.5 Å². The van der Waals surface area contributed by atoms with Gasteiger partial charge in [-0.1, -0.05) is 48.5 Å². The van der Waals surface area contributed by atoms with E-state index < -0.39 is 17.7 Å². The van der Waals surface area contributed by atoms with Crippen molar-refractivity contribution in [3.8, 4) is 5.75 Å². The van der Waals surface area contributed by atoms with Crippen LogP contribution in [0.4, 0.5) is 0 Å². The fourth-order valence-corrected chi connectivity index (χ4v) is 2.04. The molecule has 0 saturated heterocycles. The van der Waals surface area contributed by atoms with Crippen molar-refractivity contribution in [1.82, 2.24) is 16.2 Å². The smallest absolute Gasteiger partial charge is 0.276 e. The maximum Gasteiger partial charge on any atom is 0.276 e. The van der Waals surface area contributed by atoms with E-state index in [-0.39, 0.29) is 13.2 Å². The van der Waals surface area contributed by atoms with E-state index in [0.29, 0.717) is 5.75 Å². The van der Waals surface area contributed by atoms with Crippen molar-refractivity contribution < 1.29 is 19.1 Å². The first-order valence-corrected chi connectivity index (χ1v) is 8.31. The van der Waals surface area contributed by atoms with Gasteiger partial charge in [-0.05, 0) is 30.2 Å². The van der Waals surface area contributed by atoms with Crippen molar-refractivity contribution in [1.29, 1.82) is 0 Å². The molecule has 0 bridgehead atoms. The normalized spacial score (nSPS) is 10.3. The van der Waals surface area contributed by atoms with Crippen molar-refractivity contribution in [2.75, 3.05) is 13.2 Å². The Labute approximate surface area is 157 Å². The van der Waals surface area contributed by atoms with Gasteiger partial charge in [-0.25, -0.2) is 0 Å². The minimum atomic E-state index is -0.555. The first-order chi connectivity index (χ1) is 13.0. The summed E-state index contributed by atoms with van der Waals surface area (Å²) in [5.74, 6) is -0.887. The fourth-order valence-electron chi connectivity index (χ4n) is 2.04. The van der Waals surface area contributed by atoms with E-state index in [0.717, 1.165) is 11.1 Å². The maximum absolute atomic E-state index is 11.7. The minimum absolute atomic E-state index is 0.239. The number of hydrogen-bond donors (Lipinski definition) is 3. The Kier molecular flexibility index (Phi) is 7.59. The molecule has 7 nitrogen and oxygen atoms in total. The Hall–Kier alpha value is -3.61. The summed E-state index contributed by atoms with van der Waals surface area (Å²) in [7, 11) is 0. The number of aryl methyl sites for hydroxylation is 1. The lowest BCUT2D eigenvalue weighted by atomic mass is 10.2. The molecule has 140 valence electrons. The van der Waals surface area contributed by atoms with Crippen molar-refractivity contribution in [3.63, 3.8) is 0 Å². The van der Waals surface area contributed by atoms with Crippen LogP contribution < -0.4 is 20.9 Å². The molecule has 0 fully saturated rings. The van der Waals surface area contributed by atoms with Crippen LogP contribution in [-0.2, 0) is 14.4 Å². The van der Waals surface area contributed by atoms with E-state index >= 15 is 0 Å². The number of amides is 3. The average Bonchev–Trinajstić information content (AvgIpc) is 2.69. The number of hydrogen-bond acceptors (Lipinski definition) is 4. The number of hydrazine groups is 1. The summed E-state index contributed by atoms with van der Waals surface area (Å²) in [6.45, 7) is 1.36. The van der Waals surface area contributed by atoms with Crippen LogP contribution in [0, 0.1) is 6.92 Å². The third-order valence-corrected chi connectivity index (χ3v) is 3.44. The first kappa shape index (κ1) is 19.7. The van der Waals surface area contributed by atoms with Gasteiger partial charge in [0.15, 0.2) is 6.61 Å². The second-order valence-electron chi connectivity index (χ2n) is 5.61. The molecule has 2 aromatic carbocycles. The summed E-state index contributed by atoms with van der Waals surface area (Å²) < 4.78 is 5.36. The van der Waals surface area contributed by atoms with Crippen molar-refractivity contribution in [2.45, 2.75) is 6.92 Å². The molecule has 0 aromatic heterocycles. The van der Waals surface area contributed by atoms with E-state index in [1.807, 2.05) is 49.4 Å². The Morgan fingerprint density at radius 2 is 1.59 bits per heavy atom. The standard InChI is InChI=1S/C20H21N3O4/c1-15-7-5-6-10-17(15)27-14-20(26)23-22-19(25)13-21-18(24)12-11-16-8-3-2-4-9-16/h2-12H,13-14H2,1H3,(H,21,24)(H,22,25)(H,23,26)/b12-11+. The predicted octanol–water partition coefficient (Wildman–Crippen LogP) is 1.35. The van der Waals surface area contributed by atoms with E-state index in [4.69, 9.17) is 4.74 Å². The van der Waals surface area contributed by atoms with E-state index in [9.17, 15) is 14.4 Å². The molecule has 0 aliphatic carbocycles. The van der Waals surface area contributed by atoms with Gasteiger partial charge < -0.3 is 10.1 Å². The summed E-state index contributed by atoms with van der Waals surface area (Å²) in [6, 6.07) is 16.6. The molecule has 2 aromatic rings. The van der Waals surface area contributed by atoms with Crippen LogP contribution >= 0.6 is 0 Å². The van der Waals surface area contributed by atoms with Gasteiger partial charge in [-0.15, -0.1) is 0 Å². The molecule has 7 heteroatoms. The highest BCUT2D eigenvalue weighted by Crippen LogP contribution is 2.15. The second-order valence-corrected chi connectivity index (χ2v) is 5.61. The third-order valence-electron chi connectivity index (χ3n) is 3.44. The fraction of sp³-hybridized carbons (Fsp3) is 0.150. The number of rotatable bonds is 7. The Balaban J connectivity index is 1.64. The molecule has 0 atom stereocenters. The first-order valence-electron chi connectivity index (χ1n) is 8.31. The van der Waals surface area contributed by atoms with Gasteiger partial charge >= 0.3 is 0 Å². The Bertz CT molecular complexity index is 819. The van der Waals surface area contributed by atoms with Gasteiger partial charge in [0.25, 0.3) is 11.8 Å². The Morgan fingerprint density at radius 1 is 0.926 bits per heavy atom. The molecule has 27 heavy (non-hydrogen) atoms. The monoisotopic (exact) mass is 367 g/mol. The van der Waals surface area contributed by atoms with Gasteiger partial charge in [0.1, 0.15) is 5.75 Å². The molecule has 0 spiro atoms. The number of nitrogens with one attached hydrogen (secondary N) is 3. The quantitative estimate of drug-likeness (QED) is 0.508. The lowest BCUT2D eigenvalue weighted by Crippen LogP contribution is -2.47. The van der Waals surface area contributed by atoms with Crippen LogP contribution in [0.3, 0.4) is 0 Å². The van der Waals surface area contributed by atoms with E-state index in [2.05, 4.69) is 16.2 Å². The summed E-state index contributed by atoms with van der Waals surface area (Å²) >= 11 is 0.